The Morgan fingerprint density at radius 1 is 1.29 bits per heavy atom. The third-order valence-corrected chi connectivity index (χ3v) is 2.23. The molecule has 1 unspecified atom stereocenters. The van der Waals surface area contributed by atoms with Gasteiger partial charge >= 0.3 is 0 Å². The first-order valence-electron chi connectivity index (χ1n) is 5.46. The highest BCUT2D eigenvalue weighted by Gasteiger charge is 2.09. The van der Waals surface area contributed by atoms with Gasteiger partial charge in [-0.2, -0.15) is 0 Å². The summed E-state index contributed by atoms with van der Waals surface area (Å²) in [6.07, 6.45) is 3.40. The van der Waals surface area contributed by atoms with Gasteiger partial charge in [-0.1, -0.05) is 33.6 Å². The number of carbonyl (C=O) groups excluding carboxylic acids is 1. The molecule has 1 amide bonds. The van der Waals surface area contributed by atoms with E-state index in [2.05, 4.69) is 19.2 Å². The quantitative estimate of drug-likeness (QED) is 0.614. The molecule has 0 aliphatic heterocycles. The second kappa shape index (κ2) is 7.80. The van der Waals surface area contributed by atoms with E-state index in [-0.39, 0.29) is 18.4 Å². The monoisotopic (exact) mass is 201 g/mol. The lowest BCUT2D eigenvalue weighted by Gasteiger charge is -2.09. The fraction of sp³-hybridized carbons (Fsp3) is 0.909. The molecule has 0 fully saturated rings. The topological polar surface area (TPSA) is 49.3 Å². The number of amides is 1. The Kier molecular flexibility index (Phi) is 7.48. The van der Waals surface area contributed by atoms with Gasteiger partial charge in [0.25, 0.3) is 0 Å². The summed E-state index contributed by atoms with van der Waals surface area (Å²) in [5.74, 6) is 0.416. The predicted molar refractivity (Wildman–Crippen MR) is 57.9 cm³/mol. The van der Waals surface area contributed by atoms with E-state index >= 15 is 0 Å². The largest absolute Gasteiger partial charge is 0.396 e. The first-order chi connectivity index (χ1) is 6.57. The Morgan fingerprint density at radius 3 is 2.43 bits per heavy atom. The van der Waals surface area contributed by atoms with Crippen LogP contribution in [0.5, 0.6) is 0 Å². The summed E-state index contributed by atoms with van der Waals surface area (Å²) in [6.45, 7) is 6.79. The molecule has 0 saturated heterocycles. The molecule has 0 aliphatic rings. The van der Waals surface area contributed by atoms with Crippen LogP contribution in [-0.2, 0) is 4.79 Å². The van der Waals surface area contributed by atoms with Crippen molar-refractivity contribution < 1.29 is 9.90 Å². The first-order valence-corrected chi connectivity index (χ1v) is 5.46. The normalized spacial score (nSPS) is 12.9. The summed E-state index contributed by atoms with van der Waals surface area (Å²) >= 11 is 0. The summed E-state index contributed by atoms with van der Waals surface area (Å²) in [5, 5.41) is 11.5. The molecule has 14 heavy (non-hydrogen) atoms. The molecule has 0 aromatic heterocycles. The van der Waals surface area contributed by atoms with Gasteiger partial charge < -0.3 is 10.4 Å². The number of hydrogen-bond donors (Lipinski definition) is 2. The second-order valence-electron chi connectivity index (χ2n) is 4.26. The van der Waals surface area contributed by atoms with Crippen molar-refractivity contribution >= 4 is 5.91 Å². The van der Waals surface area contributed by atoms with Gasteiger partial charge in [-0.25, -0.2) is 0 Å². The van der Waals surface area contributed by atoms with Gasteiger partial charge in [0.1, 0.15) is 0 Å². The minimum absolute atomic E-state index is 0.0444. The smallest absolute Gasteiger partial charge is 0.225 e. The Morgan fingerprint density at radius 2 is 1.93 bits per heavy atom. The van der Waals surface area contributed by atoms with E-state index in [1.54, 1.807) is 6.92 Å². The Bertz CT molecular complexity index is 157. The summed E-state index contributed by atoms with van der Waals surface area (Å²) < 4.78 is 0. The van der Waals surface area contributed by atoms with Gasteiger partial charge in [-0.3, -0.25) is 4.79 Å². The molecule has 0 saturated carbocycles. The first kappa shape index (κ1) is 13.4. The molecular formula is C11H23NO2. The molecule has 0 aromatic carbocycles. The van der Waals surface area contributed by atoms with Crippen LogP contribution < -0.4 is 5.32 Å². The molecule has 2 N–H and O–H groups in total. The lowest BCUT2D eigenvalue weighted by molar-refractivity contribution is -0.125. The zero-order valence-electron chi connectivity index (χ0n) is 9.55. The number of nitrogens with one attached hydrogen (secondary N) is 1. The van der Waals surface area contributed by atoms with Crippen LogP contribution in [0.2, 0.25) is 0 Å². The maximum atomic E-state index is 11.2. The van der Waals surface area contributed by atoms with E-state index in [4.69, 9.17) is 5.11 Å². The average molecular weight is 201 g/mol. The number of rotatable bonds is 7. The molecule has 1 atom stereocenters. The van der Waals surface area contributed by atoms with Crippen LogP contribution in [0.3, 0.4) is 0 Å². The van der Waals surface area contributed by atoms with E-state index in [9.17, 15) is 4.79 Å². The van der Waals surface area contributed by atoms with Crippen molar-refractivity contribution in [2.45, 2.75) is 40.0 Å². The summed E-state index contributed by atoms with van der Waals surface area (Å²) in [5.41, 5.74) is 0. The van der Waals surface area contributed by atoms with E-state index in [0.29, 0.717) is 0 Å². The van der Waals surface area contributed by atoms with Crippen molar-refractivity contribution in [1.29, 1.82) is 0 Å². The van der Waals surface area contributed by atoms with E-state index in [1.807, 2.05) is 0 Å². The van der Waals surface area contributed by atoms with Crippen LogP contribution >= 0.6 is 0 Å². The molecule has 0 aliphatic carbocycles. The molecule has 0 heterocycles. The maximum Gasteiger partial charge on any atom is 0.225 e. The molecule has 3 nitrogen and oxygen atoms in total. The highest BCUT2D eigenvalue weighted by molar-refractivity contribution is 5.78. The lowest BCUT2D eigenvalue weighted by atomic mass is 10.1. The van der Waals surface area contributed by atoms with Gasteiger partial charge in [0.2, 0.25) is 5.91 Å². The zero-order chi connectivity index (χ0) is 11.0. The van der Waals surface area contributed by atoms with Crippen LogP contribution in [-0.4, -0.2) is 24.2 Å². The third kappa shape index (κ3) is 6.89. The van der Waals surface area contributed by atoms with Gasteiger partial charge in [0, 0.05) is 6.54 Å². The molecular weight excluding hydrogens is 178 g/mol. The third-order valence-electron chi connectivity index (χ3n) is 2.23. The zero-order valence-corrected chi connectivity index (χ0v) is 9.55. The molecule has 0 rings (SSSR count). The van der Waals surface area contributed by atoms with Crippen molar-refractivity contribution in [2.24, 2.45) is 11.8 Å². The second-order valence-corrected chi connectivity index (χ2v) is 4.26. The predicted octanol–water partition coefficient (Wildman–Crippen LogP) is 1.56. The Labute approximate surface area is 86.9 Å². The van der Waals surface area contributed by atoms with Crippen LogP contribution in [0.15, 0.2) is 0 Å². The number of carbonyl (C=O) groups is 1. The summed E-state index contributed by atoms with van der Waals surface area (Å²) in [6, 6.07) is 0. The number of hydrogen-bond acceptors (Lipinski definition) is 2. The fourth-order valence-corrected chi connectivity index (χ4v) is 1.15. The Balaban J connectivity index is 3.32. The van der Waals surface area contributed by atoms with Crippen molar-refractivity contribution in [1.82, 2.24) is 5.32 Å². The molecule has 0 aromatic rings. The fourth-order valence-electron chi connectivity index (χ4n) is 1.15. The highest BCUT2D eigenvalue weighted by Crippen LogP contribution is 2.05. The van der Waals surface area contributed by atoms with E-state index < -0.39 is 0 Å². The van der Waals surface area contributed by atoms with Gasteiger partial charge in [-0.05, 0) is 12.3 Å². The highest BCUT2D eigenvalue weighted by atomic mass is 16.3. The minimum Gasteiger partial charge on any atom is -0.396 e. The van der Waals surface area contributed by atoms with Crippen molar-refractivity contribution in [3.63, 3.8) is 0 Å². The van der Waals surface area contributed by atoms with Crippen LogP contribution in [0, 0.1) is 11.8 Å². The lowest BCUT2D eigenvalue weighted by Crippen LogP contribution is -2.31. The van der Waals surface area contributed by atoms with E-state index in [1.165, 1.54) is 6.42 Å². The molecule has 3 heteroatoms. The van der Waals surface area contributed by atoms with Crippen LogP contribution in [0.4, 0.5) is 0 Å². The Hall–Kier alpha value is -0.570. The molecule has 0 bridgehead atoms. The van der Waals surface area contributed by atoms with Crippen LogP contribution in [0.1, 0.15) is 40.0 Å². The molecule has 0 spiro atoms. The average Bonchev–Trinajstić information content (AvgIpc) is 2.15. The van der Waals surface area contributed by atoms with Crippen LogP contribution in [0.25, 0.3) is 0 Å². The maximum absolute atomic E-state index is 11.2. The van der Waals surface area contributed by atoms with Crippen molar-refractivity contribution in [3.05, 3.63) is 0 Å². The van der Waals surface area contributed by atoms with Crippen molar-refractivity contribution in [3.8, 4) is 0 Å². The minimum atomic E-state index is -0.278. The summed E-state index contributed by atoms with van der Waals surface area (Å²) in [7, 11) is 0. The number of aliphatic hydroxyl groups is 1. The van der Waals surface area contributed by atoms with Crippen molar-refractivity contribution in [2.75, 3.05) is 13.2 Å². The molecule has 84 valence electrons. The number of unbranched alkanes of at least 4 members (excludes halogenated alkanes) is 1. The molecule has 0 radical (unpaired) electrons. The summed E-state index contributed by atoms with van der Waals surface area (Å²) in [4.78, 5) is 11.2. The van der Waals surface area contributed by atoms with E-state index in [0.717, 1.165) is 25.3 Å². The van der Waals surface area contributed by atoms with Gasteiger partial charge in [0.15, 0.2) is 0 Å². The number of aliphatic hydroxyl groups excluding tert-OH is 1. The van der Waals surface area contributed by atoms with Gasteiger partial charge in [0.05, 0.1) is 12.5 Å². The standard InChI is InChI=1S/C11H23NO2/c1-9(2)6-4-5-7-12-11(14)10(3)8-13/h9-10,13H,4-8H2,1-3H3,(H,12,14). The van der Waals surface area contributed by atoms with Gasteiger partial charge in [-0.15, -0.1) is 0 Å². The SMILES string of the molecule is CC(C)CCCCNC(=O)C(C)CO.